The molecule has 0 spiro atoms. The van der Waals surface area contributed by atoms with E-state index in [-0.39, 0.29) is 0 Å². The molecule has 0 atom stereocenters. The molecule has 2 saturated carbocycles. The predicted molar refractivity (Wildman–Crippen MR) is 273 cm³/mol. The van der Waals surface area contributed by atoms with E-state index in [1.165, 1.54) is 181 Å². The molecule has 8 aromatic carbocycles. The predicted octanol–water partition coefficient (Wildman–Crippen LogP) is 18.4. The van der Waals surface area contributed by atoms with Gasteiger partial charge in [0.15, 0.2) is 0 Å². The van der Waals surface area contributed by atoms with Crippen molar-refractivity contribution in [1.29, 1.82) is 0 Å². The maximum absolute atomic E-state index is 2.66. The number of rotatable bonds is 8. The lowest BCUT2D eigenvalue weighted by Gasteiger charge is -2.31. The summed E-state index contributed by atoms with van der Waals surface area (Å²) in [6.45, 7) is 13.3. The van der Waals surface area contributed by atoms with E-state index in [2.05, 4.69) is 186 Å². The van der Waals surface area contributed by atoms with Gasteiger partial charge in [0.05, 0.1) is 5.69 Å². The summed E-state index contributed by atoms with van der Waals surface area (Å²) in [5, 5.41) is 5.60. The van der Waals surface area contributed by atoms with E-state index >= 15 is 0 Å². The minimum Gasteiger partial charge on any atom is -0.310 e. The Morgan fingerprint density at radius 1 is 0.317 bits per heavy atom. The molecule has 0 saturated heterocycles. The molecule has 8 aromatic rings. The second kappa shape index (κ2) is 17.3. The number of hydrogen-bond acceptors (Lipinski definition) is 1. The van der Waals surface area contributed by atoms with Crippen LogP contribution in [0.2, 0.25) is 0 Å². The largest absolute Gasteiger partial charge is 0.310 e. The van der Waals surface area contributed by atoms with Crippen LogP contribution in [0.5, 0.6) is 0 Å². The van der Waals surface area contributed by atoms with Crippen LogP contribution in [-0.2, 0) is 0 Å². The van der Waals surface area contributed by atoms with Crippen LogP contribution in [0, 0.1) is 41.5 Å². The fourth-order valence-corrected chi connectivity index (χ4v) is 11.4. The first-order chi connectivity index (χ1) is 30.6. The molecule has 0 aromatic heterocycles. The van der Waals surface area contributed by atoms with Gasteiger partial charge in [-0.3, -0.25) is 0 Å². The van der Waals surface area contributed by atoms with Gasteiger partial charge in [0, 0.05) is 16.8 Å². The minimum absolute atomic E-state index is 0.562. The summed E-state index contributed by atoms with van der Waals surface area (Å²) in [5.41, 5.74) is 22.1. The standard InChI is InChI=1S/C62H63N/c1-40-17-21-46(22-18-40)50-35-51(47-23-19-41(2)20-24-47)37-52(36-50)57-26-25-55(48-13-9-7-10-14-48)59-39-61-60(38-58(57)59)56(49-15-11-8-12-16-49)27-28-62(61)63(53-31-42(3)29-43(4)32-53)54-33-44(5)30-45(6)34-54/h17-39,48-49H,7-16H2,1-6H3. The average Bonchev–Trinajstić information content (AvgIpc) is 3.28. The molecule has 63 heavy (non-hydrogen) atoms. The van der Waals surface area contributed by atoms with Crippen LogP contribution < -0.4 is 4.90 Å². The Balaban J connectivity index is 1.29. The van der Waals surface area contributed by atoms with Crippen molar-refractivity contribution in [2.24, 2.45) is 0 Å². The molecule has 1 nitrogen and oxygen atoms in total. The molecule has 0 N–H and O–H groups in total. The van der Waals surface area contributed by atoms with Gasteiger partial charge in [-0.1, -0.05) is 129 Å². The van der Waals surface area contributed by atoms with Gasteiger partial charge in [0.25, 0.3) is 0 Å². The molecule has 1 heteroatoms. The first-order valence-electron chi connectivity index (χ1n) is 23.9. The van der Waals surface area contributed by atoms with Gasteiger partial charge in [-0.25, -0.2) is 0 Å². The SMILES string of the molecule is Cc1ccc(-c2cc(-c3ccc(C)cc3)cc(-c3ccc(C4CCCCC4)c4cc5c(N(c6cc(C)cc(C)c6)c6cc(C)cc(C)c6)ccc(C6CCCCC6)c5cc34)c2)cc1. The molecular formula is C62H63N. The highest BCUT2D eigenvalue weighted by molar-refractivity contribution is 6.12. The van der Waals surface area contributed by atoms with E-state index in [1.54, 1.807) is 0 Å². The van der Waals surface area contributed by atoms with Crippen LogP contribution in [-0.4, -0.2) is 0 Å². The van der Waals surface area contributed by atoms with E-state index in [9.17, 15) is 0 Å². The van der Waals surface area contributed by atoms with Crippen molar-refractivity contribution < 1.29 is 0 Å². The van der Waals surface area contributed by atoms with Crippen molar-refractivity contribution in [3.05, 3.63) is 184 Å². The zero-order valence-electron chi connectivity index (χ0n) is 38.5. The van der Waals surface area contributed by atoms with Crippen LogP contribution in [0.3, 0.4) is 0 Å². The summed E-state index contributed by atoms with van der Waals surface area (Å²) < 4.78 is 0. The second-order valence-electron chi connectivity index (χ2n) is 19.5. The minimum atomic E-state index is 0.562. The van der Waals surface area contributed by atoms with Gasteiger partial charge in [-0.15, -0.1) is 0 Å². The molecule has 2 fully saturated rings. The summed E-state index contributed by atoms with van der Waals surface area (Å²) in [4.78, 5) is 2.57. The number of fused-ring (bicyclic) bond motifs is 2. The number of hydrogen-bond donors (Lipinski definition) is 0. The highest BCUT2D eigenvalue weighted by Gasteiger charge is 2.26. The van der Waals surface area contributed by atoms with Gasteiger partial charge in [-0.05, 0) is 223 Å². The molecule has 316 valence electrons. The second-order valence-corrected chi connectivity index (χ2v) is 19.5. The molecule has 10 rings (SSSR count). The normalized spacial score (nSPS) is 15.0. The number of aryl methyl sites for hydroxylation is 6. The molecule has 0 unspecified atom stereocenters. The highest BCUT2D eigenvalue weighted by Crippen LogP contribution is 2.49. The van der Waals surface area contributed by atoms with E-state index < -0.39 is 0 Å². The molecule has 0 heterocycles. The number of anilines is 3. The Hall–Kier alpha value is -5.92. The molecule has 0 bridgehead atoms. The monoisotopic (exact) mass is 821 g/mol. The van der Waals surface area contributed by atoms with Crippen LogP contribution in [0.15, 0.2) is 140 Å². The fraction of sp³-hybridized carbons (Fsp3) is 0.290. The van der Waals surface area contributed by atoms with Gasteiger partial charge in [0.1, 0.15) is 0 Å². The Bertz CT molecular complexity index is 2800. The van der Waals surface area contributed by atoms with Crippen molar-refractivity contribution in [1.82, 2.24) is 0 Å². The number of nitrogens with zero attached hydrogens (tertiary/aromatic N) is 1. The van der Waals surface area contributed by atoms with E-state index in [0.717, 1.165) is 0 Å². The van der Waals surface area contributed by atoms with E-state index in [1.807, 2.05) is 0 Å². The molecule has 0 aliphatic heterocycles. The maximum atomic E-state index is 2.66. The quantitative estimate of drug-likeness (QED) is 0.138. The zero-order valence-corrected chi connectivity index (χ0v) is 38.5. The first-order valence-corrected chi connectivity index (χ1v) is 23.9. The lowest BCUT2D eigenvalue weighted by molar-refractivity contribution is 0.445. The van der Waals surface area contributed by atoms with Crippen molar-refractivity contribution >= 4 is 38.6 Å². The van der Waals surface area contributed by atoms with Gasteiger partial charge in [0.2, 0.25) is 0 Å². The molecule has 2 aliphatic carbocycles. The summed E-state index contributed by atoms with van der Waals surface area (Å²) in [7, 11) is 0. The Labute approximate surface area is 376 Å². The maximum Gasteiger partial charge on any atom is 0.0540 e. The van der Waals surface area contributed by atoms with Crippen molar-refractivity contribution in [2.45, 2.75) is 118 Å². The van der Waals surface area contributed by atoms with E-state index in [4.69, 9.17) is 0 Å². The number of benzene rings is 8. The fourth-order valence-electron chi connectivity index (χ4n) is 11.4. The summed E-state index contributed by atoms with van der Waals surface area (Å²) >= 11 is 0. The molecule has 2 aliphatic rings. The summed E-state index contributed by atoms with van der Waals surface area (Å²) in [6.07, 6.45) is 13.0. The average molecular weight is 822 g/mol. The topological polar surface area (TPSA) is 3.24 Å². The lowest BCUT2D eigenvalue weighted by Crippen LogP contribution is -2.13. The third-order valence-corrected chi connectivity index (χ3v) is 14.5. The van der Waals surface area contributed by atoms with Crippen LogP contribution >= 0.6 is 0 Å². The van der Waals surface area contributed by atoms with E-state index in [0.29, 0.717) is 11.8 Å². The Morgan fingerprint density at radius 3 is 1.21 bits per heavy atom. The summed E-state index contributed by atoms with van der Waals surface area (Å²) in [6, 6.07) is 54.9. The third-order valence-electron chi connectivity index (χ3n) is 14.5. The molecule has 0 amide bonds. The Kier molecular flexibility index (Phi) is 11.3. The van der Waals surface area contributed by atoms with Crippen LogP contribution in [0.1, 0.15) is 121 Å². The van der Waals surface area contributed by atoms with Gasteiger partial charge < -0.3 is 4.90 Å². The first kappa shape index (κ1) is 41.1. The van der Waals surface area contributed by atoms with Crippen molar-refractivity contribution in [3.63, 3.8) is 0 Å². The molecular weight excluding hydrogens is 759 g/mol. The lowest BCUT2D eigenvalue weighted by atomic mass is 9.78. The third kappa shape index (κ3) is 8.36. The van der Waals surface area contributed by atoms with Crippen LogP contribution in [0.25, 0.3) is 54.9 Å². The Morgan fingerprint density at radius 2 is 0.730 bits per heavy atom. The zero-order chi connectivity index (χ0) is 43.2. The van der Waals surface area contributed by atoms with Gasteiger partial charge >= 0.3 is 0 Å². The van der Waals surface area contributed by atoms with Gasteiger partial charge in [-0.2, -0.15) is 0 Å². The molecule has 0 radical (unpaired) electrons. The summed E-state index contributed by atoms with van der Waals surface area (Å²) in [5.74, 6) is 1.13. The highest BCUT2D eigenvalue weighted by atomic mass is 15.1. The van der Waals surface area contributed by atoms with Crippen molar-refractivity contribution in [3.8, 4) is 33.4 Å². The van der Waals surface area contributed by atoms with Crippen LogP contribution in [0.4, 0.5) is 17.1 Å². The smallest absolute Gasteiger partial charge is 0.0540 e. The van der Waals surface area contributed by atoms with Crippen molar-refractivity contribution in [2.75, 3.05) is 4.90 Å².